The molecule has 18 heavy (non-hydrogen) atoms. The van der Waals surface area contributed by atoms with E-state index in [0.717, 1.165) is 17.1 Å². The van der Waals surface area contributed by atoms with Crippen molar-refractivity contribution in [3.8, 4) is 0 Å². The van der Waals surface area contributed by atoms with Crippen molar-refractivity contribution >= 4 is 11.6 Å². The summed E-state index contributed by atoms with van der Waals surface area (Å²) < 4.78 is 5.28. The number of ether oxygens (including phenoxy) is 1. The van der Waals surface area contributed by atoms with Crippen molar-refractivity contribution in [2.75, 3.05) is 34.4 Å². The number of halogens is 1. The lowest BCUT2D eigenvalue weighted by molar-refractivity contribution is 0.0848. The molecule has 0 spiro atoms. The third-order valence-electron chi connectivity index (χ3n) is 3.34. The zero-order chi connectivity index (χ0) is 13.5. The Labute approximate surface area is 115 Å². The van der Waals surface area contributed by atoms with E-state index in [-0.39, 0.29) is 6.04 Å². The van der Waals surface area contributed by atoms with Gasteiger partial charge in [-0.05, 0) is 32.6 Å². The first-order chi connectivity index (χ1) is 8.61. The van der Waals surface area contributed by atoms with Crippen LogP contribution in [0.2, 0.25) is 5.02 Å². The van der Waals surface area contributed by atoms with E-state index >= 15 is 0 Å². The molecule has 4 heteroatoms. The van der Waals surface area contributed by atoms with Gasteiger partial charge >= 0.3 is 0 Å². The minimum Gasteiger partial charge on any atom is -0.383 e. The van der Waals surface area contributed by atoms with Gasteiger partial charge in [-0.25, -0.2) is 0 Å². The van der Waals surface area contributed by atoms with Crippen molar-refractivity contribution in [3.63, 3.8) is 0 Å². The van der Waals surface area contributed by atoms with Gasteiger partial charge < -0.3 is 10.1 Å². The normalized spacial score (nSPS) is 14.8. The maximum Gasteiger partial charge on any atom is 0.0630 e. The van der Waals surface area contributed by atoms with E-state index < -0.39 is 0 Å². The van der Waals surface area contributed by atoms with Gasteiger partial charge in [-0.15, -0.1) is 0 Å². The number of nitrogens with one attached hydrogen (secondary N) is 1. The fourth-order valence-corrected chi connectivity index (χ4v) is 2.39. The number of likely N-dealkylation sites (N-methyl/N-ethyl adjacent to an activating group) is 2. The van der Waals surface area contributed by atoms with E-state index in [9.17, 15) is 0 Å². The summed E-state index contributed by atoms with van der Waals surface area (Å²) in [5.74, 6) is 0. The standard InChI is InChI=1S/C14H23ClN2O/c1-11(13-7-5-6-8-14(13)15)17(3)12(9-16-2)10-18-4/h5-8,11-12,16H,9-10H2,1-4H3. The smallest absolute Gasteiger partial charge is 0.0630 e. The predicted molar refractivity (Wildman–Crippen MR) is 77.2 cm³/mol. The third kappa shape index (κ3) is 3.95. The monoisotopic (exact) mass is 270 g/mol. The van der Waals surface area contributed by atoms with Gasteiger partial charge in [0.25, 0.3) is 0 Å². The average Bonchev–Trinajstić information content (AvgIpc) is 2.37. The molecule has 0 saturated carbocycles. The third-order valence-corrected chi connectivity index (χ3v) is 3.69. The molecule has 2 unspecified atom stereocenters. The summed E-state index contributed by atoms with van der Waals surface area (Å²) >= 11 is 6.25. The van der Waals surface area contributed by atoms with Crippen LogP contribution in [-0.2, 0) is 4.74 Å². The van der Waals surface area contributed by atoms with Gasteiger partial charge in [-0.2, -0.15) is 0 Å². The lowest BCUT2D eigenvalue weighted by Crippen LogP contribution is -2.43. The highest BCUT2D eigenvalue weighted by atomic mass is 35.5. The Balaban J connectivity index is 2.81. The summed E-state index contributed by atoms with van der Waals surface area (Å²) in [7, 11) is 5.79. The molecule has 0 saturated heterocycles. The SMILES string of the molecule is CNCC(COC)N(C)C(C)c1ccccc1Cl. The molecule has 2 atom stereocenters. The second-order valence-corrected chi connectivity index (χ2v) is 4.94. The summed E-state index contributed by atoms with van der Waals surface area (Å²) in [6.07, 6.45) is 0. The number of rotatable bonds is 7. The molecule has 0 aliphatic carbocycles. The van der Waals surface area contributed by atoms with E-state index in [1.54, 1.807) is 7.11 Å². The number of hydrogen-bond donors (Lipinski definition) is 1. The van der Waals surface area contributed by atoms with Gasteiger partial charge in [0.05, 0.1) is 6.61 Å². The highest BCUT2D eigenvalue weighted by Crippen LogP contribution is 2.27. The largest absolute Gasteiger partial charge is 0.383 e. The van der Waals surface area contributed by atoms with Gasteiger partial charge in [-0.1, -0.05) is 29.8 Å². The topological polar surface area (TPSA) is 24.5 Å². The van der Waals surface area contributed by atoms with Crippen molar-refractivity contribution in [3.05, 3.63) is 34.9 Å². The van der Waals surface area contributed by atoms with E-state index in [2.05, 4.69) is 30.3 Å². The zero-order valence-electron chi connectivity index (χ0n) is 11.6. The number of benzene rings is 1. The second-order valence-electron chi connectivity index (χ2n) is 4.53. The Morgan fingerprint density at radius 2 is 2.06 bits per heavy atom. The lowest BCUT2D eigenvalue weighted by Gasteiger charge is -2.33. The van der Waals surface area contributed by atoms with Gasteiger partial charge in [0.2, 0.25) is 0 Å². The Bertz CT molecular complexity index is 353. The maximum atomic E-state index is 6.25. The molecular formula is C14H23ClN2O. The van der Waals surface area contributed by atoms with Crippen LogP contribution in [-0.4, -0.2) is 45.3 Å². The Morgan fingerprint density at radius 1 is 1.39 bits per heavy atom. The average molecular weight is 271 g/mol. The highest BCUT2D eigenvalue weighted by Gasteiger charge is 2.21. The van der Waals surface area contributed by atoms with Gasteiger partial charge in [-0.3, -0.25) is 4.90 Å². The first-order valence-electron chi connectivity index (χ1n) is 6.21. The zero-order valence-corrected chi connectivity index (χ0v) is 12.4. The summed E-state index contributed by atoms with van der Waals surface area (Å²) in [4.78, 5) is 2.29. The minimum absolute atomic E-state index is 0.257. The lowest BCUT2D eigenvalue weighted by atomic mass is 10.1. The molecule has 1 aromatic carbocycles. The molecule has 0 fully saturated rings. The molecule has 0 radical (unpaired) electrons. The Morgan fingerprint density at radius 3 is 2.61 bits per heavy atom. The van der Waals surface area contributed by atoms with Gasteiger partial charge in [0.15, 0.2) is 0 Å². The van der Waals surface area contributed by atoms with E-state index in [1.165, 1.54) is 0 Å². The van der Waals surface area contributed by atoms with E-state index in [4.69, 9.17) is 16.3 Å². The van der Waals surface area contributed by atoms with Gasteiger partial charge in [0, 0.05) is 30.8 Å². The summed E-state index contributed by atoms with van der Waals surface area (Å²) in [5, 5.41) is 4.02. The molecule has 0 bridgehead atoms. The van der Waals surface area contributed by atoms with Crippen LogP contribution in [0.15, 0.2) is 24.3 Å². The predicted octanol–water partition coefficient (Wildman–Crippen LogP) is 2.57. The summed E-state index contributed by atoms with van der Waals surface area (Å²) in [5.41, 5.74) is 1.15. The van der Waals surface area contributed by atoms with Gasteiger partial charge in [0.1, 0.15) is 0 Å². The molecule has 1 N–H and O–H groups in total. The van der Waals surface area contributed by atoms with Crippen LogP contribution < -0.4 is 5.32 Å². The molecule has 0 heterocycles. The molecule has 1 aromatic rings. The quantitative estimate of drug-likeness (QED) is 0.824. The van der Waals surface area contributed by atoms with Crippen molar-refractivity contribution < 1.29 is 4.74 Å². The summed E-state index contributed by atoms with van der Waals surface area (Å²) in [6, 6.07) is 8.57. The van der Waals surface area contributed by atoms with Crippen LogP contribution in [0, 0.1) is 0 Å². The second kappa shape index (κ2) is 7.74. The first-order valence-corrected chi connectivity index (χ1v) is 6.59. The van der Waals surface area contributed by atoms with E-state index in [0.29, 0.717) is 12.6 Å². The summed E-state index contributed by atoms with van der Waals surface area (Å²) in [6.45, 7) is 3.75. The number of nitrogens with zero attached hydrogens (tertiary/aromatic N) is 1. The maximum absolute atomic E-state index is 6.25. The number of hydrogen-bond acceptors (Lipinski definition) is 3. The van der Waals surface area contributed by atoms with Crippen LogP contribution >= 0.6 is 11.6 Å². The molecule has 102 valence electrons. The minimum atomic E-state index is 0.257. The molecule has 0 amide bonds. The van der Waals surface area contributed by atoms with Crippen LogP contribution in [0.4, 0.5) is 0 Å². The fourth-order valence-electron chi connectivity index (χ4n) is 2.10. The first kappa shape index (κ1) is 15.4. The fraction of sp³-hybridized carbons (Fsp3) is 0.571. The highest BCUT2D eigenvalue weighted by molar-refractivity contribution is 6.31. The van der Waals surface area contributed by atoms with Crippen molar-refractivity contribution in [2.45, 2.75) is 19.0 Å². The van der Waals surface area contributed by atoms with E-state index in [1.807, 2.05) is 25.2 Å². The molecule has 0 aliphatic rings. The molecule has 1 rings (SSSR count). The Kier molecular flexibility index (Phi) is 6.65. The van der Waals surface area contributed by atoms with Crippen molar-refractivity contribution in [2.24, 2.45) is 0 Å². The van der Waals surface area contributed by atoms with Crippen LogP contribution in [0.3, 0.4) is 0 Å². The van der Waals surface area contributed by atoms with Crippen LogP contribution in [0.5, 0.6) is 0 Å². The molecule has 0 aromatic heterocycles. The van der Waals surface area contributed by atoms with Crippen molar-refractivity contribution in [1.29, 1.82) is 0 Å². The molecule has 0 aliphatic heterocycles. The van der Waals surface area contributed by atoms with Crippen molar-refractivity contribution in [1.82, 2.24) is 10.2 Å². The molecular weight excluding hydrogens is 248 g/mol. The van der Waals surface area contributed by atoms with Crippen LogP contribution in [0.25, 0.3) is 0 Å². The Hall–Kier alpha value is -0.610. The van der Waals surface area contributed by atoms with Crippen LogP contribution in [0.1, 0.15) is 18.5 Å². The molecule has 3 nitrogen and oxygen atoms in total. The number of methoxy groups -OCH3 is 1.